The fourth-order valence-corrected chi connectivity index (χ4v) is 1.26. The van der Waals surface area contributed by atoms with E-state index in [9.17, 15) is 4.79 Å². The van der Waals surface area contributed by atoms with Crippen molar-refractivity contribution in [2.24, 2.45) is 5.92 Å². The highest BCUT2D eigenvalue weighted by Crippen LogP contribution is 2.11. The number of carbonyl (C=O) groups is 1. The third-order valence-electron chi connectivity index (χ3n) is 2.43. The Morgan fingerprint density at radius 3 is 2.25 bits per heavy atom. The summed E-state index contributed by atoms with van der Waals surface area (Å²) in [4.78, 5) is 10.9. The average Bonchev–Trinajstić information content (AvgIpc) is 2.03. The summed E-state index contributed by atoms with van der Waals surface area (Å²) >= 11 is 0. The van der Waals surface area contributed by atoms with E-state index in [1.807, 2.05) is 6.92 Å². The van der Waals surface area contributed by atoms with E-state index in [0.717, 1.165) is 6.42 Å². The Labute approximate surface area is 76.6 Å². The Morgan fingerprint density at radius 2 is 1.75 bits per heavy atom. The van der Waals surface area contributed by atoms with Crippen LogP contribution in [0.3, 0.4) is 0 Å². The van der Waals surface area contributed by atoms with Crippen LogP contribution in [-0.2, 0) is 4.79 Å². The zero-order chi connectivity index (χ0) is 9.40. The Kier molecular flexibility index (Phi) is 7.12. The molecule has 0 aromatic carbocycles. The number of hydrogen-bond acceptors (Lipinski definition) is 1. The molecule has 0 N–H and O–H groups in total. The molecule has 0 unspecified atom stereocenters. The molecule has 0 aromatic heterocycles. The van der Waals surface area contributed by atoms with Crippen molar-refractivity contribution >= 4 is 5.78 Å². The fourth-order valence-electron chi connectivity index (χ4n) is 1.26. The molecule has 1 heteroatoms. The Hall–Kier alpha value is -0.330. The second-order valence-electron chi connectivity index (χ2n) is 3.71. The molecule has 72 valence electrons. The van der Waals surface area contributed by atoms with E-state index in [4.69, 9.17) is 0 Å². The maximum Gasteiger partial charge on any atom is 0.132 e. The lowest BCUT2D eigenvalue weighted by molar-refractivity contribution is -0.120. The van der Waals surface area contributed by atoms with E-state index in [0.29, 0.717) is 5.78 Å². The highest BCUT2D eigenvalue weighted by atomic mass is 16.1. The molecule has 0 saturated carbocycles. The lowest BCUT2D eigenvalue weighted by Gasteiger charge is -2.05. The second-order valence-corrected chi connectivity index (χ2v) is 3.71. The van der Waals surface area contributed by atoms with Crippen LogP contribution in [0, 0.1) is 5.92 Å². The van der Waals surface area contributed by atoms with E-state index >= 15 is 0 Å². The normalized spacial score (nSPS) is 12.9. The summed E-state index contributed by atoms with van der Waals surface area (Å²) in [6, 6.07) is 0. The monoisotopic (exact) mass is 170 g/mol. The first-order valence-electron chi connectivity index (χ1n) is 5.19. The van der Waals surface area contributed by atoms with Gasteiger partial charge in [0.05, 0.1) is 0 Å². The summed E-state index contributed by atoms with van der Waals surface area (Å²) in [5.41, 5.74) is 0. The smallest absolute Gasteiger partial charge is 0.132 e. The summed E-state index contributed by atoms with van der Waals surface area (Å²) in [7, 11) is 0. The molecule has 0 aliphatic carbocycles. The van der Waals surface area contributed by atoms with Crippen molar-refractivity contribution in [1.82, 2.24) is 0 Å². The largest absolute Gasteiger partial charge is 0.300 e. The van der Waals surface area contributed by atoms with Crippen LogP contribution < -0.4 is 0 Å². The predicted molar refractivity (Wildman–Crippen MR) is 53.2 cm³/mol. The van der Waals surface area contributed by atoms with Gasteiger partial charge in [-0.2, -0.15) is 0 Å². The maximum absolute atomic E-state index is 10.9. The second kappa shape index (κ2) is 7.33. The van der Waals surface area contributed by atoms with Crippen LogP contribution in [0.25, 0.3) is 0 Å². The van der Waals surface area contributed by atoms with Gasteiger partial charge in [-0.05, 0) is 13.3 Å². The number of Topliss-reactive ketones (excluding diaryl/α,β-unsaturated/α-hetero) is 1. The van der Waals surface area contributed by atoms with Gasteiger partial charge in [0, 0.05) is 5.92 Å². The lowest BCUT2D eigenvalue weighted by atomic mass is 9.99. The van der Waals surface area contributed by atoms with Gasteiger partial charge in [0.2, 0.25) is 0 Å². The molecule has 12 heavy (non-hydrogen) atoms. The van der Waals surface area contributed by atoms with Gasteiger partial charge >= 0.3 is 0 Å². The molecule has 0 radical (unpaired) electrons. The van der Waals surface area contributed by atoms with Crippen LogP contribution >= 0.6 is 0 Å². The SMILES string of the molecule is CCCCCCC[C@H](C)C(C)=O. The van der Waals surface area contributed by atoms with Gasteiger partial charge in [0.25, 0.3) is 0 Å². The van der Waals surface area contributed by atoms with Crippen molar-refractivity contribution in [3.63, 3.8) is 0 Å². The highest BCUT2D eigenvalue weighted by molar-refractivity contribution is 5.77. The molecule has 0 heterocycles. The molecule has 0 saturated heterocycles. The zero-order valence-corrected chi connectivity index (χ0v) is 8.73. The molecular weight excluding hydrogens is 148 g/mol. The first-order chi connectivity index (χ1) is 5.68. The topological polar surface area (TPSA) is 17.1 Å². The van der Waals surface area contributed by atoms with Crippen LogP contribution in [0.15, 0.2) is 0 Å². The molecule has 0 spiro atoms. The number of unbranched alkanes of at least 4 members (excludes halogenated alkanes) is 4. The van der Waals surface area contributed by atoms with E-state index < -0.39 is 0 Å². The van der Waals surface area contributed by atoms with Gasteiger partial charge in [-0.1, -0.05) is 46.0 Å². The van der Waals surface area contributed by atoms with Gasteiger partial charge in [0.15, 0.2) is 0 Å². The van der Waals surface area contributed by atoms with Gasteiger partial charge < -0.3 is 0 Å². The molecule has 0 amide bonds. The van der Waals surface area contributed by atoms with E-state index in [-0.39, 0.29) is 5.92 Å². The Balaban J connectivity index is 3.14. The lowest BCUT2D eigenvalue weighted by Crippen LogP contribution is -2.05. The zero-order valence-electron chi connectivity index (χ0n) is 8.73. The molecule has 0 bridgehead atoms. The number of ketones is 1. The highest BCUT2D eigenvalue weighted by Gasteiger charge is 2.05. The average molecular weight is 170 g/mol. The van der Waals surface area contributed by atoms with Crippen LogP contribution in [0.2, 0.25) is 0 Å². The first-order valence-corrected chi connectivity index (χ1v) is 5.19. The predicted octanol–water partition coefficient (Wildman–Crippen LogP) is 3.57. The van der Waals surface area contributed by atoms with Crippen molar-refractivity contribution < 1.29 is 4.79 Å². The standard InChI is InChI=1S/C11H22O/c1-4-5-6-7-8-9-10(2)11(3)12/h10H,4-9H2,1-3H3/t10-/m0/s1. The third-order valence-corrected chi connectivity index (χ3v) is 2.43. The minimum Gasteiger partial charge on any atom is -0.300 e. The third kappa shape index (κ3) is 6.38. The molecular formula is C11H22O. The van der Waals surface area contributed by atoms with Crippen LogP contribution in [-0.4, -0.2) is 5.78 Å². The summed E-state index contributed by atoms with van der Waals surface area (Å²) < 4.78 is 0. The molecule has 1 nitrogen and oxygen atoms in total. The molecule has 0 aliphatic heterocycles. The van der Waals surface area contributed by atoms with Crippen LogP contribution in [0.5, 0.6) is 0 Å². The minimum atomic E-state index is 0.284. The van der Waals surface area contributed by atoms with Crippen molar-refractivity contribution in [3.05, 3.63) is 0 Å². The van der Waals surface area contributed by atoms with E-state index in [1.165, 1.54) is 32.1 Å². The van der Waals surface area contributed by atoms with Crippen molar-refractivity contribution in [2.45, 2.75) is 59.3 Å². The van der Waals surface area contributed by atoms with Gasteiger partial charge in [-0.25, -0.2) is 0 Å². The molecule has 0 aromatic rings. The van der Waals surface area contributed by atoms with Gasteiger partial charge in [-0.3, -0.25) is 4.79 Å². The summed E-state index contributed by atoms with van der Waals surface area (Å²) in [5, 5.41) is 0. The molecule has 0 aliphatic rings. The van der Waals surface area contributed by atoms with E-state index in [1.54, 1.807) is 6.92 Å². The Morgan fingerprint density at radius 1 is 1.17 bits per heavy atom. The number of rotatable bonds is 7. The first kappa shape index (κ1) is 11.7. The van der Waals surface area contributed by atoms with Gasteiger partial charge in [-0.15, -0.1) is 0 Å². The van der Waals surface area contributed by atoms with Crippen LogP contribution in [0.4, 0.5) is 0 Å². The van der Waals surface area contributed by atoms with E-state index in [2.05, 4.69) is 6.92 Å². The Bertz CT molecular complexity index is 118. The summed E-state index contributed by atoms with van der Waals surface area (Å²) in [5.74, 6) is 0.622. The molecule has 0 rings (SSSR count). The summed E-state index contributed by atoms with van der Waals surface area (Å²) in [6.07, 6.45) is 7.57. The molecule has 1 atom stereocenters. The maximum atomic E-state index is 10.9. The number of carbonyl (C=O) groups excluding carboxylic acids is 1. The summed E-state index contributed by atoms with van der Waals surface area (Å²) in [6.45, 7) is 5.94. The number of hydrogen-bond donors (Lipinski definition) is 0. The minimum absolute atomic E-state index is 0.284. The van der Waals surface area contributed by atoms with Crippen molar-refractivity contribution in [3.8, 4) is 0 Å². The van der Waals surface area contributed by atoms with Crippen molar-refractivity contribution in [2.75, 3.05) is 0 Å². The quantitative estimate of drug-likeness (QED) is 0.534. The molecule has 0 fully saturated rings. The van der Waals surface area contributed by atoms with Gasteiger partial charge in [0.1, 0.15) is 5.78 Å². The van der Waals surface area contributed by atoms with Crippen LogP contribution in [0.1, 0.15) is 59.3 Å². The van der Waals surface area contributed by atoms with Crippen molar-refractivity contribution in [1.29, 1.82) is 0 Å². The fraction of sp³-hybridized carbons (Fsp3) is 0.909.